The molecular weight excluding hydrogens is 374 g/mol. The van der Waals surface area contributed by atoms with Crippen molar-refractivity contribution in [2.75, 3.05) is 5.32 Å². The SMILES string of the molecule is Cc1nn(-c2ccccc2)c(Cl)c1C(=O)Nc1nnc(-c2ccco2)s1. The van der Waals surface area contributed by atoms with Crippen LogP contribution >= 0.6 is 22.9 Å². The molecule has 0 aliphatic heterocycles. The van der Waals surface area contributed by atoms with Crippen molar-refractivity contribution in [1.29, 1.82) is 0 Å². The fourth-order valence-corrected chi connectivity index (χ4v) is 3.50. The van der Waals surface area contributed by atoms with E-state index < -0.39 is 5.91 Å². The van der Waals surface area contributed by atoms with Crippen molar-refractivity contribution in [3.63, 3.8) is 0 Å². The van der Waals surface area contributed by atoms with Gasteiger partial charge in [0.15, 0.2) is 10.8 Å². The molecule has 1 N–H and O–H groups in total. The molecule has 4 rings (SSSR count). The Hall–Kier alpha value is -2.97. The zero-order chi connectivity index (χ0) is 18.1. The van der Waals surface area contributed by atoms with Crippen molar-refractivity contribution in [2.45, 2.75) is 6.92 Å². The maximum absolute atomic E-state index is 12.7. The van der Waals surface area contributed by atoms with Gasteiger partial charge >= 0.3 is 0 Å². The maximum atomic E-state index is 12.7. The van der Waals surface area contributed by atoms with E-state index in [2.05, 4.69) is 20.6 Å². The van der Waals surface area contributed by atoms with Gasteiger partial charge in [-0.15, -0.1) is 10.2 Å². The molecule has 0 atom stereocenters. The molecular formula is C17H12ClN5O2S. The average Bonchev–Trinajstić information content (AvgIpc) is 3.36. The number of carbonyl (C=O) groups excluding carboxylic acids is 1. The summed E-state index contributed by atoms with van der Waals surface area (Å²) in [6, 6.07) is 12.9. The molecule has 0 saturated heterocycles. The van der Waals surface area contributed by atoms with Crippen molar-refractivity contribution in [2.24, 2.45) is 0 Å². The summed E-state index contributed by atoms with van der Waals surface area (Å²) in [5, 5.41) is 16.2. The summed E-state index contributed by atoms with van der Waals surface area (Å²) in [6.07, 6.45) is 1.55. The highest BCUT2D eigenvalue weighted by Crippen LogP contribution is 2.28. The van der Waals surface area contributed by atoms with Gasteiger partial charge in [-0.1, -0.05) is 41.1 Å². The van der Waals surface area contributed by atoms with Crippen LogP contribution in [0.15, 0.2) is 53.1 Å². The third kappa shape index (κ3) is 3.00. The third-order valence-corrected chi connectivity index (χ3v) is 4.81. The van der Waals surface area contributed by atoms with E-state index >= 15 is 0 Å². The number of carbonyl (C=O) groups is 1. The molecule has 7 nitrogen and oxygen atoms in total. The van der Waals surface area contributed by atoms with Crippen LogP contribution in [-0.2, 0) is 0 Å². The number of aryl methyl sites for hydroxylation is 1. The van der Waals surface area contributed by atoms with Gasteiger partial charge in [0, 0.05) is 0 Å². The second-order valence-electron chi connectivity index (χ2n) is 5.34. The van der Waals surface area contributed by atoms with E-state index in [0.717, 1.165) is 5.69 Å². The number of aromatic nitrogens is 4. The molecule has 1 aromatic carbocycles. The molecule has 3 heterocycles. The Morgan fingerprint density at radius 2 is 2.00 bits per heavy atom. The Morgan fingerprint density at radius 3 is 2.73 bits per heavy atom. The summed E-state index contributed by atoms with van der Waals surface area (Å²) < 4.78 is 6.80. The van der Waals surface area contributed by atoms with Gasteiger partial charge in [0.2, 0.25) is 5.13 Å². The number of amides is 1. The van der Waals surface area contributed by atoms with Crippen LogP contribution in [0.1, 0.15) is 16.1 Å². The highest BCUT2D eigenvalue weighted by molar-refractivity contribution is 7.18. The number of para-hydroxylation sites is 1. The molecule has 0 bridgehead atoms. The van der Waals surface area contributed by atoms with E-state index in [1.54, 1.807) is 25.3 Å². The van der Waals surface area contributed by atoms with E-state index in [9.17, 15) is 4.79 Å². The quantitative estimate of drug-likeness (QED) is 0.569. The molecule has 0 spiro atoms. The summed E-state index contributed by atoms with van der Waals surface area (Å²) >= 11 is 7.61. The molecule has 26 heavy (non-hydrogen) atoms. The predicted octanol–water partition coefficient (Wildman–Crippen LogP) is 4.20. The number of anilines is 1. The van der Waals surface area contributed by atoms with Gasteiger partial charge in [-0.05, 0) is 31.2 Å². The van der Waals surface area contributed by atoms with Gasteiger partial charge in [-0.3, -0.25) is 10.1 Å². The standard InChI is InChI=1S/C17H12ClN5O2S/c1-10-13(14(18)23(22-10)11-6-3-2-4-7-11)15(24)19-17-21-20-16(26-17)12-8-5-9-25-12/h2-9H,1H3,(H,19,21,24). The van der Waals surface area contributed by atoms with Gasteiger partial charge < -0.3 is 4.42 Å². The zero-order valence-corrected chi connectivity index (χ0v) is 15.1. The lowest BCUT2D eigenvalue weighted by molar-refractivity contribution is 0.102. The number of nitrogens with zero attached hydrogens (tertiary/aromatic N) is 4. The third-order valence-electron chi connectivity index (χ3n) is 3.61. The molecule has 0 aliphatic rings. The van der Waals surface area contributed by atoms with Gasteiger partial charge in [0.1, 0.15) is 10.7 Å². The normalized spacial score (nSPS) is 10.8. The van der Waals surface area contributed by atoms with Crippen molar-refractivity contribution in [3.05, 3.63) is 65.1 Å². The first kappa shape index (κ1) is 16.5. The lowest BCUT2D eigenvalue weighted by Gasteiger charge is -2.03. The number of hydrogen-bond acceptors (Lipinski definition) is 6. The van der Waals surface area contributed by atoms with Crippen LogP contribution < -0.4 is 5.32 Å². The second-order valence-corrected chi connectivity index (χ2v) is 6.68. The fraction of sp³-hybridized carbons (Fsp3) is 0.0588. The van der Waals surface area contributed by atoms with E-state index in [1.165, 1.54) is 16.0 Å². The van der Waals surface area contributed by atoms with Crippen LogP contribution in [-0.4, -0.2) is 25.9 Å². The number of benzene rings is 1. The molecule has 0 radical (unpaired) electrons. The zero-order valence-electron chi connectivity index (χ0n) is 13.5. The molecule has 9 heteroatoms. The van der Waals surface area contributed by atoms with Crippen LogP contribution in [0, 0.1) is 6.92 Å². The van der Waals surface area contributed by atoms with E-state index in [4.69, 9.17) is 16.0 Å². The summed E-state index contributed by atoms with van der Waals surface area (Å²) in [7, 11) is 0. The smallest absolute Gasteiger partial charge is 0.262 e. The number of hydrogen-bond donors (Lipinski definition) is 1. The van der Waals surface area contributed by atoms with Crippen molar-refractivity contribution in [1.82, 2.24) is 20.0 Å². The highest BCUT2D eigenvalue weighted by atomic mass is 35.5. The van der Waals surface area contributed by atoms with E-state index in [1.807, 2.05) is 30.3 Å². The molecule has 1 amide bonds. The minimum absolute atomic E-state index is 0.238. The van der Waals surface area contributed by atoms with Gasteiger partial charge in [0.05, 0.1) is 17.6 Å². The second kappa shape index (κ2) is 6.74. The molecule has 3 aromatic heterocycles. The topological polar surface area (TPSA) is 85.8 Å². The minimum Gasteiger partial charge on any atom is -0.462 e. The Morgan fingerprint density at radius 1 is 1.19 bits per heavy atom. The van der Waals surface area contributed by atoms with Gasteiger partial charge in [-0.25, -0.2) is 4.68 Å². The van der Waals surface area contributed by atoms with Crippen LogP contribution in [0.4, 0.5) is 5.13 Å². The number of rotatable bonds is 4. The van der Waals surface area contributed by atoms with E-state index in [-0.39, 0.29) is 5.15 Å². The van der Waals surface area contributed by atoms with Crippen LogP contribution in [0.25, 0.3) is 16.5 Å². The molecule has 0 unspecified atom stereocenters. The summed E-state index contributed by atoms with van der Waals surface area (Å²) in [5.41, 5.74) is 1.59. The first-order valence-corrected chi connectivity index (χ1v) is 8.82. The Kier molecular flexibility index (Phi) is 4.27. The Balaban J connectivity index is 1.60. The van der Waals surface area contributed by atoms with Crippen molar-refractivity contribution in [3.8, 4) is 16.5 Å². The predicted molar refractivity (Wildman–Crippen MR) is 98.9 cm³/mol. The van der Waals surface area contributed by atoms with Crippen molar-refractivity contribution < 1.29 is 9.21 Å². The Labute approximate surface area is 157 Å². The van der Waals surface area contributed by atoms with Gasteiger partial charge in [-0.2, -0.15) is 5.10 Å². The minimum atomic E-state index is -0.392. The number of nitrogens with one attached hydrogen (secondary N) is 1. The lowest BCUT2D eigenvalue weighted by atomic mass is 10.2. The first-order valence-electron chi connectivity index (χ1n) is 7.63. The Bertz CT molecular complexity index is 1060. The number of furan rings is 1. The number of halogens is 1. The van der Waals surface area contributed by atoms with Crippen LogP contribution in [0.2, 0.25) is 5.15 Å². The largest absolute Gasteiger partial charge is 0.462 e. The fourth-order valence-electron chi connectivity index (χ4n) is 2.43. The van der Waals surface area contributed by atoms with Crippen LogP contribution in [0.3, 0.4) is 0 Å². The highest BCUT2D eigenvalue weighted by Gasteiger charge is 2.22. The monoisotopic (exact) mass is 385 g/mol. The maximum Gasteiger partial charge on any atom is 0.262 e. The average molecular weight is 386 g/mol. The molecule has 4 aromatic rings. The van der Waals surface area contributed by atoms with E-state index in [0.29, 0.717) is 27.2 Å². The summed E-state index contributed by atoms with van der Waals surface area (Å²) in [4.78, 5) is 12.7. The molecule has 0 aliphatic carbocycles. The molecule has 0 fully saturated rings. The van der Waals surface area contributed by atoms with Gasteiger partial charge in [0.25, 0.3) is 5.91 Å². The lowest BCUT2D eigenvalue weighted by Crippen LogP contribution is -2.13. The molecule has 130 valence electrons. The van der Waals surface area contributed by atoms with Crippen molar-refractivity contribution >= 4 is 34.0 Å². The van der Waals surface area contributed by atoms with Crippen LogP contribution in [0.5, 0.6) is 0 Å². The summed E-state index contributed by atoms with van der Waals surface area (Å²) in [5.74, 6) is 0.200. The molecule has 0 saturated carbocycles. The summed E-state index contributed by atoms with van der Waals surface area (Å²) in [6.45, 7) is 1.73. The first-order chi connectivity index (χ1) is 12.6.